The number of aryl methyl sites for hydroxylation is 1. The van der Waals surface area contributed by atoms with Crippen LogP contribution < -0.4 is 5.32 Å². The second-order valence-corrected chi connectivity index (χ2v) is 6.17. The maximum Gasteiger partial charge on any atom is 0.240 e. The molecule has 122 valence electrons. The molecule has 2 aromatic rings. The van der Waals surface area contributed by atoms with Gasteiger partial charge in [0.1, 0.15) is 12.4 Å². The maximum atomic E-state index is 12.2. The molecule has 5 nitrogen and oxygen atoms in total. The van der Waals surface area contributed by atoms with Gasteiger partial charge in [0.2, 0.25) is 5.91 Å². The van der Waals surface area contributed by atoms with E-state index in [1.165, 1.54) is 11.1 Å². The molecule has 0 bridgehead atoms. The molecule has 1 aromatic heterocycles. The molecule has 1 amide bonds. The van der Waals surface area contributed by atoms with Crippen LogP contribution in [0.2, 0.25) is 0 Å². The van der Waals surface area contributed by atoms with Crippen molar-refractivity contribution in [1.29, 1.82) is 0 Å². The standard InChI is InChI=1S/C18H24N4O/c1-3-17-19-8-9-22(17)13-18(23)20-11-16-10-14-6-4-5-7-15(14)12-21(16)2/h4-9,16H,3,10-13H2,1-2H3,(H,20,23)/t16-/m1/s1. The van der Waals surface area contributed by atoms with Crippen LogP contribution in [0.3, 0.4) is 0 Å². The summed E-state index contributed by atoms with van der Waals surface area (Å²) in [6.07, 6.45) is 5.43. The second-order valence-electron chi connectivity index (χ2n) is 6.17. The van der Waals surface area contributed by atoms with Crippen molar-refractivity contribution in [3.63, 3.8) is 0 Å². The van der Waals surface area contributed by atoms with E-state index >= 15 is 0 Å². The number of hydrogen-bond donors (Lipinski definition) is 1. The van der Waals surface area contributed by atoms with E-state index in [4.69, 9.17) is 0 Å². The summed E-state index contributed by atoms with van der Waals surface area (Å²) in [5, 5.41) is 3.07. The Kier molecular flexibility index (Phi) is 4.76. The van der Waals surface area contributed by atoms with Crippen LogP contribution in [0.15, 0.2) is 36.7 Å². The van der Waals surface area contributed by atoms with Gasteiger partial charge in [0.15, 0.2) is 0 Å². The van der Waals surface area contributed by atoms with E-state index in [0.717, 1.165) is 25.2 Å². The number of rotatable bonds is 5. The molecule has 0 fully saturated rings. The van der Waals surface area contributed by atoms with E-state index < -0.39 is 0 Å². The van der Waals surface area contributed by atoms with E-state index in [0.29, 0.717) is 19.1 Å². The minimum Gasteiger partial charge on any atom is -0.353 e. The molecular formula is C18H24N4O. The van der Waals surface area contributed by atoms with Gasteiger partial charge in [0, 0.05) is 37.9 Å². The molecule has 5 heteroatoms. The molecule has 0 unspecified atom stereocenters. The van der Waals surface area contributed by atoms with E-state index in [9.17, 15) is 4.79 Å². The van der Waals surface area contributed by atoms with Crippen molar-refractivity contribution in [2.45, 2.75) is 38.9 Å². The number of nitrogens with zero attached hydrogens (tertiary/aromatic N) is 3. The molecule has 0 radical (unpaired) electrons. The van der Waals surface area contributed by atoms with Crippen LogP contribution >= 0.6 is 0 Å². The quantitative estimate of drug-likeness (QED) is 0.913. The predicted octanol–water partition coefficient (Wildman–Crippen LogP) is 1.62. The molecule has 0 spiro atoms. The highest BCUT2D eigenvalue weighted by atomic mass is 16.1. The molecule has 1 atom stereocenters. The third kappa shape index (κ3) is 3.62. The average molecular weight is 312 g/mol. The number of carbonyl (C=O) groups is 1. The van der Waals surface area contributed by atoms with Crippen LogP contribution in [0.1, 0.15) is 23.9 Å². The van der Waals surface area contributed by atoms with Gasteiger partial charge in [-0.05, 0) is 24.6 Å². The van der Waals surface area contributed by atoms with Crippen LogP contribution in [0, 0.1) is 0 Å². The zero-order chi connectivity index (χ0) is 16.2. The molecule has 3 rings (SSSR count). The van der Waals surface area contributed by atoms with Crippen LogP contribution in [-0.2, 0) is 30.7 Å². The van der Waals surface area contributed by atoms with Crippen LogP contribution in [-0.4, -0.2) is 40.0 Å². The first kappa shape index (κ1) is 15.7. The molecule has 1 aromatic carbocycles. The molecule has 2 heterocycles. The van der Waals surface area contributed by atoms with Crippen molar-refractivity contribution < 1.29 is 4.79 Å². The molecule has 0 aliphatic carbocycles. The van der Waals surface area contributed by atoms with Gasteiger partial charge in [-0.3, -0.25) is 9.69 Å². The van der Waals surface area contributed by atoms with Gasteiger partial charge in [-0.1, -0.05) is 31.2 Å². The molecular weight excluding hydrogens is 288 g/mol. The summed E-state index contributed by atoms with van der Waals surface area (Å²) >= 11 is 0. The first-order valence-electron chi connectivity index (χ1n) is 8.21. The highest BCUT2D eigenvalue weighted by Crippen LogP contribution is 2.21. The summed E-state index contributed by atoms with van der Waals surface area (Å²) < 4.78 is 1.91. The molecule has 1 N–H and O–H groups in total. The minimum atomic E-state index is 0.0463. The summed E-state index contributed by atoms with van der Waals surface area (Å²) in [7, 11) is 2.12. The predicted molar refractivity (Wildman–Crippen MR) is 90.0 cm³/mol. The van der Waals surface area contributed by atoms with Crippen molar-refractivity contribution in [2.24, 2.45) is 0 Å². The fraction of sp³-hybridized carbons (Fsp3) is 0.444. The minimum absolute atomic E-state index is 0.0463. The lowest BCUT2D eigenvalue weighted by atomic mass is 9.94. The van der Waals surface area contributed by atoms with Crippen molar-refractivity contribution in [1.82, 2.24) is 19.8 Å². The number of hydrogen-bond acceptors (Lipinski definition) is 3. The number of imidazole rings is 1. The summed E-state index contributed by atoms with van der Waals surface area (Å²) in [5.41, 5.74) is 2.79. The van der Waals surface area contributed by atoms with Crippen LogP contribution in [0.25, 0.3) is 0 Å². The Hall–Kier alpha value is -2.14. The van der Waals surface area contributed by atoms with Gasteiger partial charge in [0.25, 0.3) is 0 Å². The maximum absolute atomic E-state index is 12.2. The zero-order valence-electron chi connectivity index (χ0n) is 13.8. The Balaban J connectivity index is 1.55. The van der Waals surface area contributed by atoms with Crippen LogP contribution in [0.5, 0.6) is 0 Å². The summed E-state index contributed by atoms with van der Waals surface area (Å²) in [6, 6.07) is 8.90. The van der Waals surface area contributed by atoms with Gasteiger partial charge in [-0.2, -0.15) is 0 Å². The smallest absolute Gasteiger partial charge is 0.240 e. The van der Waals surface area contributed by atoms with Gasteiger partial charge in [-0.15, -0.1) is 0 Å². The number of nitrogens with one attached hydrogen (secondary N) is 1. The zero-order valence-corrected chi connectivity index (χ0v) is 13.8. The fourth-order valence-corrected chi connectivity index (χ4v) is 3.19. The largest absolute Gasteiger partial charge is 0.353 e. The monoisotopic (exact) mass is 312 g/mol. The van der Waals surface area contributed by atoms with Crippen molar-refractivity contribution in [2.75, 3.05) is 13.6 Å². The number of likely N-dealkylation sites (N-methyl/N-ethyl adjacent to an activating group) is 1. The Morgan fingerprint density at radius 1 is 1.35 bits per heavy atom. The molecule has 1 aliphatic heterocycles. The van der Waals surface area contributed by atoms with Crippen LogP contribution in [0.4, 0.5) is 0 Å². The number of aromatic nitrogens is 2. The second kappa shape index (κ2) is 6.96. The number of benzene rings is 1. The lowest BCUT2D eigenvalue weighted by molar-refractivity contribution is -0.121. The molecule has 1 aliphatic rings. The average Bonchev–Trinajstić information content (AvgIpc) is 3.00. The van der Waals surface area contributed by atoms with Gasteiger partial charge in [0.05, 0.1) is 0 Å². The van der Waals surface area contributed by atoms with Gasteiger partial charge in [-0.25, -0.2) is 4.98 Å². The molecule has 23 heavy (non-hydrogen) atoms. The molecule has 0 saturated carbocycles. The lowest BCUT2D eigenvalue weighted by Crippen LogP contribution is -2.46. The summed E-state index contributed by atoms with van der Waals surface area (Å²) in [6.45, 7) is 4.01. The van der Waals surface area contributed by atoms with E-state index in [-0.39, 0.29) is 5.91 Å². The van der Waals surface area contributed by atoms with Gasteiger partial charge < -0.3 is 9.88 Å². The number of amides is 1. The van der Waals surface area contributed by atoms with Crippen molar-refractivity contribution in [3.05, 3.63) is 53.6 Å². The highest BCUT2D eigenvalue weighted by molar-refractivity contribution is 5.75. The third-order valence-electron chi connectivity index (χ3n) is 4.58. The third-order valence-corrected chi connectivity index (χ3v) is 4.58. The first-order chi connectivity index (χ1) is 11.2. The Morgan fingerprint density at radius 2 is 2.13 bits per heavy atom. The van der Waals surface area contributed by atoms with E-state index in [1.54, 1.807) is 6.20 Å². The Labute approximate surface area is 137 Å². The molecule has 0 saturated heterocycles. The number of carbonyl (C=O) groups excluding carboxylic acids is 1. The normalized spacial score (nSPS) is 17.7. The SMILES string of the molecule is CCc1nccn1CC(=O)NC[C@H]1Cc2ccccc2CN1C. The fourth-order valence-electron chi connectivity index (χ4n) is 3.19. The summed E-state index contributed by atoms with van der Waals surface area (Å²) in [4.78, 5) is 18.8. The highest BCUT2D eigenvalue weighted by Gasteiger charge is 2.23. The van der Waals surface area contributed by atoms with Crippen molar-refractivity contribution >= 4 is 5.91 Å². The Bertz CT molecular complexity index is 679. The van der Waals surface area contributed by atoms with Crippen molar-refractivity contribution in [3.8, 4) is 0 Å². The lowest BCUT2D eigenvalue weighted by Gasteiger charge is -2.34. The van der Waals surface area contributed by atoms with E-state index in [1.807, 2.05) is 17.7 Å². The topological polar surface area (TPSA) is 50.2 Å². The number of fused-ring (bicyclic) bond motifs is 1. The first-order valence-corrected chi connectivity index (χ1v) is 8.21. The summed E-state index contributed by atoms with van der Waals surface area (Å²) in [5.74, 6) is 0.994. The van der Waals surface area contributed by atoms with E-state index in [2.05, 4.69) is 46.5 Å². The van der Waals surface area contributed by atoms with Gasteiger partial charge >= 0.3 is 0 Å². The Morgan fingerprint density at radius 3 is 2.91 bits per heavy atom.